The van der Waals surface area contributed by atoms with E-state index in [1.807, 2.05) is 0 Å². The molecule has 10 atom stereocenters. The van der Waals surface area contributed by atoms with Gasteiger partial charge in [-0.05, 0) is 80.7 Å². The number of aliphatic hydroxyl groups is 1. The number of primary amides is 1. The van der Waals surface area contributed by atoms with Gasteiger partial charge in [0.1, 0.15) is 66.2 Å². The molecule has 31 heteroatoms. The summed E-state index contributed by atoms with van der Waals surface area (Å²) >= 11 is 4.33. The van der Waals surface area contributed by atoms with Crippen molar-refractivity contribution in [1.29, 1.82) is 5.41 Å². The number of aromatic nitrogens is 3. The van der Waals surface area contributed by atoms with E-state index in [4.69, 9.17) is 16.9 Å². The molecule has 2 aliphatic heterocycles. The van der Waals surface area contributed by atoms with Crippen molar-refractivity contribution >= 4 is 83.6 Å². The van der Waals surface area contributed by atoms with Crippen molar-refractivity contribution in [2.75, 3.05) is 25.4 Å². The van der Waals surface area contributed by atoms with E-state index in [0.717, 1.165) is 0 Å². The van der Waals surface area contributed by atoms with Crippen LogP contribution in [0.4, 0.5) is 0 Å². The number of likely N-dealkylation sites (tertiary alicyclic amines) is 1. The number of carbonyl (C=O) groups excluding carboxylic acids is 11. The molecule has 30 nitrogen and oxygen atoms in total. The van der Waals surface area contributed by atoms with Crippen LogP contribution in [-0.4, -0.2) is 187 Å². The minimum absolute atomic E-state index is 0.00117. The van der Waals surface area contributed by atoms with Crippen molar-refractivity contribution in [3.63, 3.8) is 0 Å². The van der Waals surface area contributed by atoms with Crippen LogP contribution < -0.4 is 64.6 Å². The second kappa shape index (κ2) is 32.8. The SMILES string of the molecule is CC(C)C[C@H](NC(=O)[C@@H](CS)NC(=O)[C@H](Cc1ccc(O)cc1)NC(=O)[C@H](CO)NC(=O)[C@@H](Cc1cccnc1)NC(=O)[C@H](Cc1c[nH]cn1)NC(=O)[C@@H]1CCC(=O)N1)C(=O)N[C@@H](CCCNC(=N)N)C(=O)N1CCC[C@H]1C(=O)N[C@H](C)C(N)=O. The molecule has 2 aliphatic rings. The molecule has 4 heterocycles. The van der Waals surface area contributed by atoms with Crippen molar-refractivity contribution in [2.24, 2.45) is 17.4 Å². The maximum atomic E-state index is 14.4. The number of carbonyl (C=O) groups is 11. The number of pyridine rings is 1. The van der Waals surface area contributed by atoms with Gasteiger partial charge in [0.15, 0.2) is 5.96 Å². The molecular weight excluding hydrogens is 1130 g/mol. The summed E-state index contributed by atoms with van der Waals surface area (Å²) in [5.41, 5.74) is 12.0. The molecule has 18 N–H and O–H groups in total. The lowest BCUT2D eigenvalue weighted by Crippen LogP contribution is -2.61. The number of amides is 11. The molecule has 2 fully saturated rings. The molecule has 0 aliphatic carbocycles. The predicted octanol–water partition coefficient (Wildman–Crippen LogP) is -4.58. The van der Waals surface area contributed by atoms with Gasteiger partial charge in [-0.2, -0.15) is 12.6 Å². The molecule has 0 saturated carbocycles. The molecule has 462 valence electrons. The second-order valence-electron chi connectivity index (χ2n) is 21.1. The highest BCUT2D eigenvalue weighted by molar-refractivity contribution is 7.80. The molecule has 1 aromatic carbocycles. The van der Waals surface area contributed by atoms with E-state index in [0.29, 0.717) is 23.2 Å². The van der Waals surface area contributed by atoms with E-state index in [1.54, 1.807) is 26.0 Å². The Kier molecular flexibility index (Phi) is 25.9. The van der Waals surface area contributed by atoms with Crippen LogP contribution in [-0.2, 0) is 72.0 Å². The van der Waals surface area contributed by atoms with Gasteiger partial charge in [0, 0.05) is 63.1 Å². The van der Waals surface area contributed by atoms with E-state index in [1.165, 1.54) is 61.0 Å². The van der Waals surface area contributed by atoms with Gasteiger partial charge in [-0.3, -0.25) is 63.1 Å². The molecule has 3 aromatic rings. The van der Waals surface area contributed by atoms with Gasteiger partial charge in [-0.15, -0.1) is 0 Å². The summed E-state index contributed by atoms with van der Waals surface area (Å²) in [7, 11) is 0. The Morgan fingerprint density at radius 3 is 1.89 bits per heavy atom. The maximum Gasteiger partial charge on any atom is 0.245 e. The molecule has 85 heavy (non-hydrogen) atoms. The fourth-order valence-electron chi connectivity index (χ4n) is 9.34. The number of benzene rings is 1. The first-order valence-corrected chi connectivity index (χ1v) is 28.4. The topological polar surface area (TPSA) is 469 Å². The number of nitrogens with zero attached hydrogens (tertiary/aromatic N) is 3. The predicted molar refractivity (Wildman–Crippen MR) is 308 cm³/mol. The first-order valence-electron chi connectivity index (χ1n) is 27.7. The molecule has 0 bridgehead atoms. The Balaban J connectivity index is 1.33. The van der Waals surface area contributed by atoms with Gasteiger partial charge >= 0.3 is 0 Å². The fourth-order valence-corrected chi connectivity index (χ4v) is 9.60. The quantitative estimate of drug-likeness (QED) is 0.0121. The number of aliphatic hydroxyl groups excluding tert-OH is 1. The normalized spacial score (nSPS) is 17.4. The highest BCUT2D eigenvalue weighted by Crippen LogP contribution is 2.21. The number of aromatic amines is 1. The van der Waals surface area contributed by atoms with Crippen LogP contribution in [0.25, 0.3) is 0 Å². The van der Waals surface area contributed by atoms with E-state index in [-0.39, 0.29) is 100 Å². The van der Waals surface area contributed by atoms with Crippen molar-refractivity contribution in [1.82, 2.24) is 73.0 Å². The van der Waals surface area contributed by atoms with Crippen LogP contribution in [0, 0.1) is 11.3 Å². The van der Waals surface area contributed by atoms with Crippen molar-refractivity contribution in [2.45, 2.75) is 145 Å². The Morgan fingerprint density at radius 1 is 0.741 bits per heavy atom. The third-order valence-electron chi connectivity index (χ3n) is 13.9. The molecule has 11 amide bonds. The maximum absolute atomic E-state index is 14.4. The molecule has 0 unspecified atom stereocenters. The number of hydrogen-bond donors (Lipinski definition) is 17. The summed E-state index contributed by atoms with van der Waals surface area (Å²) in [6.07, 6.45) is 6.38. The summed E-state index contributed by atoms with van der Waals surface area (Å²) in [4.78, 5) is 162. The zero-order chi connectivity index (χ0) is 62.3. The van der Waals surface area contributed by atoms with Crippen LogP contribution in [0.2, 0.25) is 0 Å². The zero-order valence-electron chi connectivity index (χ0n) is 47.4. The van der Waals surface area contributed by atoms with Crippen LogP contribution in [0.5, 0.6) is 5.75 Å². The highest BCUT2D eigenvalue weighted by atomic mass is 32.1. The first-order chi connectivity index (χ1) is 40.5. The Hall–Kier alpha value is -8.87. The summed E-state index contributed by atoms with van der Waals surface area (Å²) in [6.45, 7) is 4.21. The lowest BCUT2D eigenvalue weighted by atomic mass is 10.0. The second-order valence-corrected chi connectivity index (χ2v) is 21.5. The number of guanidine groups is 1. The number of imidazole rings is 1. The average Bonchev–Trinajstić information content (AvgIpc) is 4.40. The smallest absolute Gasteiger partial charge is 0.245 e. The van der Waals surface area contributed by atoms with Gasteiger partial charge in [0.2, 0.25) is 65.0 Å². The third kappa shape index (κ3) is 21.1. The summed E-state index contributed by atoms with van der Waals surface area (Å²) < 4.78 is 0. The van der Waals surface area contributed by atoms with Crippen LogP contribution >= 0.6 is 12.6 Å². The molecule has 2 aromatic heterocycles. The summed E-state index contributed by atoms with van der Waals surface area (Å²) in [6, 6.07) is -4.34. The minimum Gasteiger partial charge on any atom is -0.508 e. The number of rotatable bonds is 32. The fraction of sp³-hybridized carbons (Fsp3) is 0.519. The number of hydrogen-bond acceptors (Lipinski definition) is 17. The number of H-pyrrole nitrogens is 1. The van der Waals surface area contributed by atoms with Crippen LogP contribution in [0.15, 0.2) is 61.3 Å². The summed E-state index contributed by atoms with van der Waals surface area (Å²) in [5, 5.41) is 54.0. The van der Waals surface area contributed by atoms with Gasteiger partial charge in [0.05, 0.1) is 18.6 Å². The molecule has 0 radical (unpaired) electrons. The van der Waals surface area contributed by atoms with Crippen LogP contribution in [0.1, 0.15) is 82.5 Å². The largest absolute Gasteiger partial charge is 0.508 e. The van der Waals surface area contributed by atoms with Gasteiger partial charge in [-0.1, -0.05) is 32.0 Å². The standard InChI is InChI=1S/C54H77N17O13S/c1-28(2)19-36(46(77)64-35(8-5-17-60-54(56)57)53(84)71-18-6-9-42(71)52(83)62-29(3)44(55)75)65-51(82)41(26-85)70-48(79)37(20-30-10-12-33(73)13-11-30)67-50(81)40(25-72)69-47(78)38(21-31-7-4-16-58-23-31)66-49(80)39(22-32-24-59-27-61-32)68-45(76)34-14-15-43(74)63-34/h4,7,10-13,16,23-24,27-29,34-42,72-73,85H,5-6,8-9,14-15,17-22,25-26H2,1-3H3,(H2,55,75)(H,59,61)(H,62,83)(H,63,74)(H,64,77)(H,65,82)(H,66,80)(H,67,81)(H,68,76)(H,69,78)(H,70,79)(H4,56,57,60)/t29-,34+,35+,36+,37+,38-,39+,40+,41-,42+/m1/s1. The zero-order valence-corrected chi connectivity index (χ0v) is 48.2. The van der Waals surface area contributed by atoms with E-state index >= 15 is 0 Å². The van der Waals surface area contributed by atoms with Crippen molar-refractivity contribution < 1.29 is 63.0 Å². The number of nitrogens with two attached hydrogens (primary N) is 2. The van der Waals surface area contributed by atoms with Gasteiger partial charge in [0.25, 0.3) is 0 Å². The van der Waals surface area contributed by atoms with Gasteiger partial charge in [-0.25, -0.2) is 4.98 Å². The molecular formula is C54H77N17O13S. The number of nitrogens with one attached hydrogen (secondary N) is 12. The average molecular weight is 1200 g/mol. The Bertz CT molecular complexity index is 2830. The van der Waals surface area contributed by atoms with Crippen LogP contribution in [0.3, 0.4) is 0 Å². The number of thiol groups is 1. The molecule has 0 spiro atoms. The Labute approximate surface area is 495 Å². The molecule has 5 rings (SSSR count). The van der Waals surface area contributed by atoms with E-state index in [2.05, 4.69) is 80.7 Å². The van der Waals surface area contributed by atoms with Crippen molar-refractivity contribution in [3.8, 4) is 5.75 Å². The lowest BCUT2D eigenvalue weighted by Gasteiger charge is -2.31. The third-order valence-corrected chi connectivity index (χ3v) is 14.3. The highest BCUT2D eigenvalue weighted by Gasteiger charge is 2.40. The van der Waals surface area contributed by atoms with E-state index < -0.39 is 126 Å². The lowest BCUT2D eigenvalue weighted by molar-refractivity contribution is -0.142. The monoisotopic (exact) mass is 1200 g/mol. The number of phenolic OH excluding ortho intramolecular Hbond substituents is 1. The molecule has 2 saturated heterocycles. The van der Waals surface area contributed by atoms with Crippen molar-refractivity contribution in [3.05, 3.63) is 78.1 Å². The number of aromatic hydroxyl groups is 1. The first kappa shape index (κ1) is 66.9. The van der Waals surface area contributed by atoms with Gasteiger partial charge < -0.3 is 84.7 Å². The minimum atomic E-state index is -1.78. The van der Waals surface area contributed by atoms with E-state index in [9.17, 15) is 63.0 Å². The number of phenols is 1. The summed E-state index contributed by atoms with van der Waals surface area (Å²) in [5.74, 6) is -9.62. The Morgan fingerprint density at radius 2 is 1.33 bits per heavy atom.